The Morgan fingerprint density at radius 1 is 0.921 bits per heavy atom. The van der Waals surface area contributed by atoms with Crippen molar-refractivity contribution in [3.63, 3.8) is 0 Å². The van der Waals surface area contributed by atoms with Crippen LogP contribution in [0.5, 0.6) is 11.5 Å². The average Bonchev–Trinajstić information content (AvgIpc) is 2.94. The number of anilines is 4. The predicted molar refractivity (Wildman–Crippen MR) is 144 cm³/mol. The Morgan fingerprint density at radius 2 is 1.79 bits per heavy atom. The lowest BCUT2D eigenvalue weighted by Crippen LogP contribution is -2.31. The van der Waals surface area contributed by atoms with E-state index in [-0.39, 0.29) is 5.52 Å². The second kappa shape index (κ2) is 12.0. The van der Waals surface area contributed by atoms with E-state index in [2.05, 4.69) is 30.5 Å². The molecule has 1 aliphatic heterocycles. The summed E-state index contributed by atoms with van der Waals surface area (Å²) in [5, 5.41) is 6.77. The molecule has 0 saturated carbocycles. The van der Waals surface area contributed by atoms with Crippen LogP contribution in [-0.2, 0) is 0 Å². The van der Waals surface area contributed by atoms with Gasteiger partial charge in [0.05, 0.1) is 25.6 Å². The summed E-state index contributed by atoms with van der Waals surface area (Å²) in [6, 6.07) is 11.5. The number of ether oxygens (including phenoxy) is 2. The quantitative estimate of drug-likeness (QED) is 0.244. The molecule has 0 unspecified atom stereocenters. The van der Waals surface area contributed by atoms with Crippen molar-refractivity contribution < 1.29 is 18.3 Å². The third kappa shape index (κ3) is 6.25. The van der Waals surface area contributed by atoms with Crippen molar-refractivity contribution in [2.75, 3.05) is 44.0 Å². The first kappa shape index (κ1) is 25.6. The Hall–Kier alpha value is -4.05. The number of nitrogens with one attached hydrogen (secondary N) is 2. The zero-order valence-electron chi connectivity index (χ0n) is 21.2. The molecule has 0 bridgehead atoms. The number of methoxy groups -OCH3 is 1. The van der Waals surface area contributed by atoms with Crippen molar-refractivity contribution >= 4 is 34.0 Å². The molecule has 0 amide bonds. The SMILES string of the molecule is COc1cc(Nc2nccc(Nc3cnc4c(F)c(F)ccc4c3)n2)ccc1OCCCN1CCCCC1. The highest BCUT2D eigenvalue weighted by Crippen LogP contribution is 2.31. The van der Waals surface area contributed by atoms with Gasteiger partial charge in [-0.1, -0.05) is 6.42 Å². The Bertz CT molecular complexity index is 1400. The second-order valence-electron chi connectivity index (χ2n) is 9.14. The van der Waals surface area contributed by atoms with E-state index in [1.54, 1.807) is 25.4 Å². The minimum atomic E-state index is -0.966. The molecule has 2 aromatic carbocycles. The summed E-state index contributed by atoms with van der Waals surface area (Å²) < 4.78 is 38.9. The second-order valence-corrected chi connectivity index (χ2v) is 9.14. The molecular formula is C28H30F2N6O2. The fraction of sp³-hybridized carbons (Fsp3) is 0.321. The maximum Gasteiger partial charge on any atom is 0.229 e. The van der Waals surface area contributed by atoms with Crippen LogP contribution in [0.2, 0.25) is 0 Å². The number of rotatable bonds is 10. The third-order valence-corrected chi connectivity index (χ3v) is 6.42. The number of aromatic nitrogens is 3. The lowest BCUT2D eigenvalue weighted by Gasteiger charge is -2.26. The topological polar surface area (TPSA) is 84.4 Å². The van der Waals surface area contributed by atoms with Gasteiger partial charge in [0.2, 0.25) is 5.95 Å². The molecule has 2 N–H and O–H groups in total. The van der Waals surface area contributed by atoms with E-state index >= 15 is 0 Å². The van der Waals surface area contributed by atoms with Gasteiger partial charge in [-0.25, -0.2) is 13.8 Å². The van der Waals surface area contributed by atoms with Gasteiger partial charge in [-0.05, 0) is 68.8 Å². The summed E-state index contributed by atoms with van der Waals surface area (Å²) in [7, 11) is 1.61. The number of hydrogen-bond acceptors (Lipinski definition) is 8. The van der Waals surface area contributed by atoms with Crippen molar-refractivity contribution in [3.8, 4) is 11.5 Å². The summed E-state index contributed by atoms with van der Waals surface area (Å²) in [6.07, 6.45) is 7.92. The van der Waals surface area contributed by atoms with E-state index < -0.39 is 11.6 Å². The van der Waals surface area contributed by atoms with Crippen molar-refractivity contribution in [3.05, 3.63) is 66.5 Å². The molecule has 0 aliphatic carbocycles. The van der Waals surface area contributed by atoms with Gasteiger partial charge in [0.15, 0.2) is 23.1 Å². The minimum Gasteiger partial charge on any atom is -0.493 e. The van der Waals surface area contributed by atoms with E-state index in [1.807, 2.05) is 18.2 Å². The first-order valence-corrected chi connectivity index (χ1v) is 12.7. The number of piperidine rings is 1. The predicted octanol–water partition coefficient (Wildman–Crippen LogP) is 6.05. The molecule has 0 atom stereocenters. The number of hydrogen-bond donors (Lipinski definition) is 2. The molecule has 0 spiro atoms. The van der Waals surface area contributed by atoms with Gasteiger partial charge < -0.3 is 25.0 Å². The molecule has 1 fully saturated rings. The molecule has 38 heavy (non-hydrogen) atoms. The molecule has 198 valence electrons. The van der Waals surface area contributed by atoms with Crippen LogP contribution in [0.15, 0.2) is 54.9 Å². The van der Waals surface area contributed by atoms with Gasteiger partial charge in [0.25, 0.3) is 0 Å². The van der Waals surface area contributed by atoms with E-state index in [1.165, 1.54) is 44.6 Å². The van der Waals surface area contributed by atoms with Crippen molar-refractivity contribution in [1.82, 2.24) is 19.9 Å². The van der Waals surface area contributed by atoms with Crippen LogP contribution in [0.25, 0.3) is 10.9 Å². The van der Waals surface area contributed by atoms with E-state index in [0.29, 0.717) is 40.9 Å². The third-order valence-electron chi connectivity index (χ3n) is 6.42. The molecule has 1 aliphatic rings. The van der Waals surface area contributed by atoms with Crippen LogP contribution >= 0.6 is 0 Å². The Balaban J connectivity index is 1.20. The molecule has 5 rings (SSSR count). The monoisotopic (exact) mass is 520 g/mol. The maximum absolute atomic E-state index is 13.9. The highest BCUT2D eigenvalue weighted by atomic mass is 19.2. The minimum absolute atomic E-state index is 0.0241. The van der Waals surface area contributed by atoms with E-state index in [9.17, 15) is 8.78 Å². The summed E-state index contributed by atoms with van der Waals surface area (Å²) in [5.74, 6) is 0.287. The Labute approximate surface area is 220 Å². The highest BCUT2D eigenvalue weighted by molar-refractivity contribution is 5.83. The van der Waals surface area contributed by atoms with Crippen LogP contribution < -0.4 is 20.1 Å². The van der Waals surface area contributed by atoms with Gasteiger partial charge in [0, 0.05) is 29.9 Å². The van der Waals surface area contributed by atoms with Gasteiger partial charge in [-0.3, -0.25) is 4.98 Å². The smallest absolute Gasteiger partial charge is 0.229 e. The number of fused-ring (bicyclic) bond motifs is 1. The van der Waals surface area contributed by atoms with Gasteiger partial charge in [-0.15, -0.1) is 0 Å². The van der Waals surface area contributed by atoms with Crippen LogP contribution in [0.4, 0.5) is 31.9 Å². The van der Waals surface area contributed by atoms with Gasteiger partial charge in [0.1, 0.15) is 11.3 Å². The zero-order chi connectivity index (χ0) is 26.3. The number of benzene rings is 2. The summed E-state index contributed by atoms with van der Waals surface area (Å²) in [6.45, 7) is 4.04. The molecule has 4 aromatic rings. The highest BCUT2D eigenvalue weighted by Gasteiger charge is 2.12. The summed E-state index contributed by atoms with van der Waals surface area (Å²) in [5.41, 5.74) is 1.30. The number of likely N-dealkylation sites (tertiary alicyclic amines) is 1. The lowest BCUT2D eigenvalue weighted by molar-refractivity contribution is 0.203. The molecule has 8 nitrogen and oxygen atoms in total. The van der Waals surface area contributed by atoms with E-state index in [0.717, 1.165) is 24.7 Å². The normalized spacial score (nSPS) is 13.9. The van der Waals surface area contributed by atoms with Crippen molar-refractivity contribution in [2.45, 2.75) is 25.7 Å². The zero-order valence-corrected chi connectivity index (χ0v) is 21.2. The molecule has 2 aromatic heterocycles. The van der Waals surface area contributed by atoms with Gasteiger partial charge >= 0.3 is 0 Å². The Morgan fingerprint density at radius 3 is 2.63 bits per heavy atom. The molecule has 0 radical (unpaired) electrons. The van der Waals surface area contributed by atoms with Crippen LogP contribution in [0.3, 0.4) is 0 Å². The van der Waals surface area contributed by atoms with Gasteiger partial charge in [-0.2, -0.15) is 4.98 Å². The van der Waals surface area contributed by atoms with Crippen LogP contribution in [-0.4, -0.2) is 53.2 Å². The largest absolute Gasteiger partial charge is 0.493 e. The molecule has 1 saturated heterocycles. The maximum atomic E-state index is 13.9. The van der Waals surface area contributed by atoms with Crippen LogP contribution in [0, 0.1) is 11.6 Å². The fourth-order valence-electron chi connectivity index (χ4n) is 4.49. The fourth-order valence-corrected chi connectivity index (χ4v) is 4.49. The van der Waals surface area contributed by atoms with Crippen LogP contribution in [0.1, 0.15) is 25.7 Å². The number of pyridine rings is 1. The number of halogens is 2. The molecule has 3 heterocycles. The summed E-state index contributed by atoms with van der Waals surface area (Å²) >= 11 is 0. The van der Waals surface area contributed by atoms with Crippen molar-refractivity contribution in [2.24, 2.45) is 0 Å². The molecular weight excluding hydrogens is 490 g/mol. The first-order valence-electron chi connectivity index (χ1n) is 12.7. The number of nitrogens with zero attached hydrogens (tertiary/aromatic N) is 4. The Kier molecular flexibility index (Phi) is 8.08. The molecule has 10 heteroatoms. The van der Waals surface area contributed by atoms with E-state index in [4.69, 9.17) is 9.47 Å². The van der Waals surface area contributed by atoms with Crippen molar-refractivity contribution in [1.29, 1.82) is 0 Å². The lowest BCUT2D eigenvalue weighted by atomic mass is 10.1. The summed E-state index contributed by atoms with van der Waals surface area (Å²) in [4.78, 5) is 15.3. The first-order chi connectivity index (χ1) is 18.6. The average molecular weight is 521 g/mol. The standard InChI is InChI=1S/C28H30F2N6O2/c1-37-24-17-20(7-9-23(24)38-15-5-14-36-12-3-2-4-13-36)34-28-31-11-10-25(35-28)33-21-16-19-6-8-22(29)26(30)27(19)32-18-21/h6-11,16-18H,2-5,12-15H2,1H3,(H2,31,33,34,35).